The van der Waals surface area contributed by atoms with Crippen LogP contribution in [0.1, 0.15) is 35.6 Å². The van der Waals surface area contributed by atoms with Crippen LogP contribution in [0.25, 0.3) is 5.57 Å². The van der Waals surface area contributed by atoms with E-state index in [4.69, 9.17) is 0 Å². The number of non-ortho nitro benzene ring substituents is 1. The fourth-order valence-corrected chi connectivity index (χ4v) is 3.51. The van der Waals surface area contributed by atoms with E-state index in [1.807, 2.05) is 30.3 Å². The number of benzene rings is 2. The Morgan fingerprint density at radius 3 is 2.74 bits per heavy atom. The Hall–Kier alpha value is -2.95. The van der Waals surface area contributed by atoms with Gasteiger partial charge in [0.2, 0.25) is 5.91 Å². The minimum Gasteiger partial charge on any atom is -0.345 e. The van der Waals surface area contributed by atoms with Crippen molar-refractivity contribution in [1.82, 2.24) is 5.32 Å². The topological polar surface area (TPSA) is 72.2 Å². The Bertz CT molecular complexity index is 870. The van der Waals surface area contributed by atoms with Crippen LogP contribution in [0.3, 0.4) is 0 Å². The highest BCUT2D eigenvalue weighted by Gasteiger charge is 2.35. The summed E-state index contributed by atoms with van der Waals surface area (Å²) < 4.78 is 0. The molecule has 5 heteroatoms. The van der Waals surface area contributed by atoms with Crippen molar-refractivity contribution in [2.24, 2.45) is 0 Å². The molecule has 2 aliphatic rings. The number of nitro groups is 1. The highest BCUT2D eigenvalue weighted by molar-refractivity contribution is 5.92. The molecule has 1 unspecified atom stereocenters. The van der Waals surface area contributed by atoms with Crippen LogP contribution in [0.15, 0.2) is 54.1 Å². The highest BCUT2D eigenvalue weighted by Crippen LogP contribution is 2.47. The van der Waals surface area contributed by atoms with Crippen LogP contribution < -0.4 is 5.32 Å². The van der Waals surface area contributed by atoms with E-state index in [1.54, 1.807) is 12.1 Å². The molecule has 1 fully saturated rings. The van der Waals surface area contributed by atoms with Crippen molar-refractivity contribution >= 4 is 17.2 Å². The van der Waals surface area contributed by atoms with Gasteiger partial charge in [0.1, 0.15) is 0 Å². The van der Waals surface area contributed by atoms with E-state index < -0.39 is 0 Å². The summed E-state index contributed by atoms with van der Waals surface area (Å²) in [7, 11) is 0. The zero-order valence-electron chi connectivity index (χ0n) is 12.3. The number of amides is 1. The molecule has 2 aromatic rings. The molecule has 114 valence electrons. The second-order valence-corrected chi connectivity index (χ2v) is 5.80. The first kappa shape index (κ1) is 13.7. The van der Waals surface area contributed by atoms with Crippen LogP contribution in [0, 0.1) is 10.1 Å². The summed E-state index contributed by atoms with van der Waals surface area (Å²) in [6, 6.07) is 14.5. The molecular formula is C18H14N2O3. The van der Waals surface area contributed by atoms with Gasteiger partial charge in [0.05, 0.1) is 11.0 Å². The lowest BCUT2D eigenvalue weighted by Gasteiger charge is -2.23. The number of piperidine rings is 1. The molecule has 1 aliphatic carbocycles. The predicted molar refractivity (Wildman–Crippen MR) is 85.7 cm³/mol. The number of hydrogen-bond acceptors (Lipinski definition) is 3. The molecule has 0 bridgehead atoms. The van der Waals surface area contributed by atoms with Gasteiger partial charge in [-0.25, -0.2) is 0 Å². The van der Waals surface area contributed by atoms with Gasteiger partial charge in [-0.05, 0) is 34.3 Å². The third kappa shape index (κ3) is 2.12. The Morgan fingerprint density at radius 1 is 1.09 bits per heavy atom. The molecule has 1 saturated heterocycles. The smallest absolute Gasteiger partial charge is 0.270 e. The van der Waals surface area contributed by atoms with E-state index in [0.29, 0.717) is 12.8 Å². The largest absolute Gasteiger partial charge is 0.345 e. The van der Waals surface area contributed by atoms with Crippen LogP contribution in [-0.4, -0.2) is 10.8 Å². The van der Waals surface area contributed by atoms with E-state index in [9.17, 15) is 14.9 Å². The van der Waals surface area contributed by atoms with Crippen LogP contribution in [0.5, 0.6) is 0 Å². The summed E-state index contributed by atoms with van der Waals surface area (Å²) >= 11 is 0. The van der Waals surface area contributed by atoms with Gasteiger partial charge < -0.3 is 5.32 Å². The fraction of sp³-hybridized carbons (Fsp3) is 0.167. The lowest BCUT2D eigenvalue weighted by Crippen LogP contribution is -2.32. The number of nitrogens with zero attached hydrogens (tertiary/aromatic N) is 1. The van der Waals surface area contributed by atoms with Gasteiger partial charge in [0.25, 0.3) is 5.69 Å². The molecule has 23 heavy (non-hydrogen) atoms. The SMILES string of the molecule is O=C1CCC2=C(c3cccc([N+](=O)[O-])c3)c3ccccc3C2N1. The second kappa shape index (κ2) is 5.05. The standard InChI is InChI=1S/C18H14N2O3/c21-16-9-8-15-17(11-4-3-5-12(10-11)20(22)23)13-6-1-2-7-14(13)18(15)19-16/h1-7,10,18H,8-9H2,(H,19,21). The number of carbonyl (C=O) groups excluding carboxylic acids is 1. The zero-order chi connectivity index (χ0) is 16.0. The first-order valence-electron chi connectivity index (χ1n) is 7.51. The van der Waals surface area contributed by atoms with E-state index in [-0.39, 0.29) is 22.6 Å². The molecule has 1 amide bonds. The quantitative estimate of drug-likeness (QED) is 0.683. The number of nitro benzene ring substituents is 1. The molecule has 0 saturated carbocycles. The Kier molecular flexibility index (Phi) is 3.01. The maximum Gasteiger partial charge on any atom is 0.270 e. The van der Waals surface area contributed by atoms with Crippen LogP contribution in [0.2, 0.25) is 0 Å². The number of carbonyl (C=O) groups is 1. The third-order valence-electron chi connectivity index (χ3n) is 4.48. The van der Waals surface area contributed by atoms with Crippen molar-refractivity contribution in [3.8, 4) is 0 Å². The monoisotopic (exact) mass is 306 g/mol. The van der Waals surface area contributed by atoms with E-state index in [2.05, 4.69) is 5.32 Å². The average molecular weight is 306 g/mol. The van der Waals surface area contributed by atoms with Gasteiger partial charge in [0, 0.05) is 18.6 Å². The predicted octanol–water partition coefficient (Wildman–Crippen LogP) is 3.36. The van der Waals surface area contributed by atoms with Gasteiger partial charge >= 0.3 is 0 Å². The Labute approximate surface area is 132 Å². The number of nitrogens with one attached hydrogen (secondary N) is 1. The molecule has 0 radical (unpaired) electrons. The molecule has 5 nitrogen and oxygen atoms in total. The number of rotatable bonds is 2. The van der Waals surface area contributed by atoms with Crippen molar-refractivity contribution in [3.63, 3.8) is 0 Å². The van der Waals surface area contributed by atoms with Gasteiger partial charge in [0.15, 0.2) is 0 Å². The average Bonchev–Trinajstić information content (AvgIpc) is 2.89. The van der Waals surface area contributed by atoms with Crippen LogP contribution in [0.4, 0.5) is 5.69 Å². The Balaban J connectivity index is 1.92. The lowest BCUT2D eigenvalue weighted by atomic mass is 9.93. The second-order valence-electron chi connectivity index (χ2n) is 5.80. The summed E-state index contributed by atoms with van der Waals surface area (Å²) in [5.74, 6) is 0.0499. The minimum atomic E-state index is -0.379. The van der Waals surface area contributed by atoms with Gasteiger partial charge in [-0.2, -0.15) is 0 Å². The highest BCUT2D eigenvalue weighted by atomic mass is 16.6. The van der Waals surface area contributed by atoms with E-state index in [1.165, 1.54) is 6.07 Å². The first-order valence-corrected chi connectivity index (χ1v) is 7.51. The molecule has 1 aliphatic heterocycles. The first-order chi connectivity index (χ1) is 11.1. The molecule has 1 N–H and O–H groups in total. The molecule has 1 atom stereocenters. The van der Waals surface area contributed by atoms with Gasteiger partial charge in [-0.15, -0.1) is 0 Å². The van der Waals surface area contributed by atoms with E-state index in [0.717, 1.165) is 27.8 Å². The van der Waals surface area contributed by atoms with Crippen molar-refractivity contribution in [1.29, 1.82) is 0 Å². The van der Waals surface area contributed by atoms with Gasteiger partial charge in [-0.1, -0.05) is 36.4 Å². The lowest BCUT2D eigenvalue weighted by molar-refractivity contribution is -0.384. The third-order valence-corrected chi connectivity index (χ3v) is 4.48. The maximum absolute atomic E-state index is 11.8. The van der Waals surface area contributed by atoms with Gasteiger partial charge in [-0.3, -0.25) is 14.9 Å². The molecular weight excluding hydrogens is 292 g/mol. The summed E-state index contributed by atoms with van der Waals surface area (Å²) in [5, 5.41) is 14.1. The normalized spacial score (nSPS) is 19.1. The van der Waals surface area contributed by atoms with Crippen molar-refractivity contribution in [3.05, 3.63) is 80.9 Å². The summed E-state index contributed by atoms with van der Waals surface area (Å²) in [5.41, 5.74) is 5.20. The fourth-order valence-electron chi connectivity index (χ4n) is 3.51. The number of hydrogen-bond donors (Lipinski definition) is 1. The van der Waals surface area contributed by atoms with Crippen molar-refractivity contribution in [2.75, 3.05) is 0 Å². The van der Waals surface area contributed by atoms with Crippen LogP contribution >= 0.6 is 0 Å². The summed E-state index contributed by atoms with van der Waals surface area (Å²) in [6.45, 7) is 0. The summed E-state index contributed by atoms with van der Waals surface area (Å²) in [6.07, 6.45) is 1.14. The molecule has 4 rings (SSSR count). The molecule has 0 spiro atoms. The molecule has 1 heterocycles. The number of fused-ring (bicyclic) bond motifs is 3. The minimum absolute atomic E-state index is 0.0499. The van der Waals surface area contributed by atoms with Crippen LogP contribution in [-0.2, 0) is 4.79 Å². The molecule has 2 aromatic carbocycles. The summed E-state index contributed by atoms with van der Waals surface area (Å²) in [4.78, 5) is 22.5. The van der Waals surface area contributed by atoms with Crippen molar-refractivity contribution < 1.29 is 9.72 Å². The molecule has 0 aromatic heterocycles. The maximum atomic E-state index is 11.8. The van der Waals surface area contributed by atoms with Crippen molar-refractivity contribution in [2.45, 2.75) is 18.9 Å². The van der Waals surface area contributed by atoms with E-state index >= 15 is 0 Å². The zero-order valence-corrected chi connectivity index (χ0v) is 12.3. The Morgan fingerprint density at radius 2 is 1.91 bits per heavy atom.